The molecule has 0 aliphatic rings. The van der Waals surface area contributed by atoms with Crippen LogP contribution in [0.15, 0.2) is 168 Å². The molecule has 12 rings (SSSR count). The molecule has 4 heterocycles. The summed E-state index contributed by atoms with van der Waals surface area (Å²) in [6.07, 6.45) is 0. The maximum Gasteiger partial charge on any atom is 0.238 e. The molecule has 53 heavy (non-hydrogen) atoms. The molecule has 4 aromatic heterocycles. The molecule has 0 bridgehead atoms. The highest BCUT2D eigenvalue weighted by atomic mass is 32.1. The highest BCUT2D eigenvalue weighted by Gasteiger charge is 2.25. The van der Waals surface area contributed by atoms with E-state index in [1.54, 1.807) is 0 Å². The third-order valence-corrected chi connectivity index (χ3v) is 12.0. The number of furan rings is 1. The lowest BCUT2D eigenvalue weighted by molar-refractivity contribution is 0.651. The lowest BCUT2D eigenvalue weighted by Crippen LogP contribution is -2.03. The van der Waals surface area contributed by atoms with Crippen LogP contribution in [0.5, 0.6) is 0 Å². The van der Waals surface area contributed by atoms with Gasteiger partial charge in [0.05, 0.1) is 22.1 Å². The van der Waals surface area contributed by atoms with Gasteiger partial charge in [-0.1, -0.05) is 133 Å². The quantitative estimate of drug-likeness (QED) is 0.185. The third-order valence-electron chi connectivity index (χ3n) is 10.8. The summed E-state index contributed by atoms with van der Waals surface area (Å²) in [4.78, 5) is 10.8. The fourth-order valence-electron chi connectivity index (χ4n) is 8.45. The molecule has 0 aliphatic heterocycles. The van der Waals surface area contributed by atoms with Gasteiger partial charge in [0, 0.05) is 47.3 Å². The van der Waals surface area contributed by atoms with Gasteiger partial charge in [0.2, 0.25) is 11.7 Å². The zero-order valence-corrected chi connectivity index (χ0v) is 29.1. The molecule has 0 amide bonds. The molecule has 0 spiro atoms. The molecule has 0 aliphatic carbocycles. The maximum absolute atomic E-state index is 6.56. The van der Waals surface area contributed by atoms with Crippen molar-refractivity contribution in [2.45, 2.75) is 0 Å². The Labute approximate surface area is 306 Å². The molecule has 12 aromatic rings. The van der Waals surface area contributed by atoms with Gasteiger partial charge in [0.15, 0.2) is 0 Å². The van der Waals surface area contributed by atoms with Gasteiger partial charge in [-0.25, -0.2) is 4.98 Å². The smallest absolute Gasteiger partial charge is 0.238 e. The molecule has 4 nitrogen and oxygen atoms in total. The number of rotatable bonds is 3. The van der Waals surface area contributed by atoms with Crippen molar-refractivity contribution in [3.8, 4) is 28.3 Å². The van der Waals surface area contributed by atoms with E-state index in [1.807, 2.05) is 23.5 Å². The highest BCUT2D eigenvalue weighted by molar-refractivity contribution is 7.27. The van der Waals surface area contributed by atoms with Gasteiger partial charge >= 0.3 is 0 Å². The zero-order chi connectivity index (χ0) is 34.6. The van der Waals surface area contributed by atoms with Gasteiger partial charge in [0.25, 0.3) is 0 Å². The molecule has 0 saturated heterocycles. The Morgan fingerprint density at radius 1 is 0.472 bits per heavy atom. The first-order valence-electron chi connectivity index (χ1n) is 17.8. The first-order chi connectivity index (χ1) is 26.3. The Morgan fingerprint density at radius 2 is 1.13 bits per heavy atom. The maximum atomic E-state index is 6.56. The van der Waals surface area contributed by atoms with Crippen molar-refractivity contribution in [3.05, 3.63) is 164 Å². The number of hydrogen-bond acceptors (Lipinski definition) is 4. The summed E-state index contributed by atoms with van der Waals surface area (Å²) in [5.74, 6) is 0.586. The Hall–Kier alpha value is -6.82. The molecular formula is C48H27N3OS. The zero-order valence-electron chi connectivity index (χ0n) is 28.2. The number of nitrogens with zero attached hydrogens (tertiary/aromatic N) is 3. The van der Waals surface area contributed by atoms with Crippen LogP contribution in [0.2, 0.25) is 0 Å². The topological polar surface area (TPSA) is 43.9 Å². The van der Waals surface area contributed by atoms with E-state index in [4.69, 9.17) is 14.4 Å². The first kappa shape index (κ1) is 28.8. The van der Waals surface area contributed by atoms with Crippen LogP contribution in [0.25, 0.3) is 114 Å². The summed E-state index contributed by atoms with van der Waals surface area (Å²) in [6.45, 7) is 0. The van der Waals surface area contributed by atoms with Gasteiger partial charge in [0.1, 0.15) is 5.58 Å². The summed E-state index contributed by atoms with van der Waals surface area (Å²) >= 11 is 1.86. The van der Waals surface area contributed by atoms with E-state index in [2.05, 4.69) is 156 Å². The molecule has 0 saturated carbocycles. The van der Waals surface area contributed by atoms with Crippen LogP contribution in [0.4, 0.5) is 0 Å². The summed E-state index contributed by atoms with van der Waals surface area (Å²) in [7, 11) is 0. The van der Waals surface area contributed by atoms with Gasteiger partial charge in [-0.15, -0.1) is 11.3 Å². The van der Waals surface area contributed by atoms with Crippen molar-refractivity contribution < 1.29 is 4.42 Å². The SMILES string of the molecule is c1ccc(-c2ccc3cc(-c4nc(-n5c6ccccc6c6c7sc8ccccc8c7c7ccccc7c65)nc5oc6ccccc6c45)ccc3c2)cc1. The van der Waals surface area contributed by atoms with Gasteiger partial charge in [-0.05, 0) is 57.6 Å². The van der Waals surface area contributed by atoms with E-state index in [0.29, 0.717) is 11.7 Å². The lowest BCUT2D eigenvalue weighted by atomic mass is 9.98. The van der Waals surface area contributed by atoms with Crippen LogP contribution in [0.1, 0.15) is 0 Å². The average molecular weight is 694 g/mol. The lowest BCUT2D eigenvalue weighted by Gasteiger charge is -2.12. The summed E-state index contributed by atoms with van der Waals surface area (Å²) in [5, 5.41) is 11.7. The Balaban J connectivity index is 1.19. The molecule has 0 radical (unpaired) electrons. The number of hydrogen-bond donors (Lipinski definition) is 0. The number of fused-ring (bicyclic) bond motifs is 14. The standard InChI is InChI=1S/C48H27N3OS/c1-2-12-28(13-3-1)29-22-23-31-27-32(25-24-30(31)26-29)44-42-36-17-7-10-20-39(36)52-47(42)50-48(49-44)51-38-19-9-6-16-35(38)43-45(51)34-15-5-4-14-33(34)41-37-18-8-11-21-40(37)53-46(41)43/h1-27H. The van der Waals surface area contributed by atoms with Crippen LogP contribution < -0.4 is 0 Å². The summed E-state index contributed by atoms with van der Waals surface area (Å²) in [6, 6.07) is 58.2. The molecule has 0 atom stereocenters. The molecule has 246 valence electrons. The molecule has 0 fully saturated rings. The largest absolute Gasteiger partial charge is 0.437 e. The van der Waals surface area contributed by atoms with E-state index in [0.717, 1.165) is 44.0 Å². The van der Waals surface area contributed by atoms with Crippen molar-refractivity contribution >= 4 is 96.9 Å². The van der Waals surface area contributed by atoms with Gasteiger partial charge in [-0.3, -0.25) is 4.57 Å². The van der Waals surface area contributed by atoms with Crippen molar-refractivity contribution in [3.63, 3.8) is 0 Å². The normalized spacial score (nSPS) is 12.2. The van der Waals surface area contributed by atoms with E-state index in [1.165, 1.54) is 58.2 Å². The van der Waals surface area contributed by atoms with Crippen molar-refractivity contribution in [2.75, 3.05) is 0 Å². The second kappa shape index (κ2) is 10.8. The number of benzene rings is 8. The number of para-hydroxylation sites is 2. The predicted octanol–water partition coefficient (Wildman–Crippen LogP) is 13.5. The molecule has 0 N–H and O–H groups in total. The van der Waals surface area contributed by atoms with Crippen LogP contribution in [0, 0.1) is 0 Å². The molecular weight excluding hydrogens is 667 g/mol. The van der Waals surface area contributed by atoms with Gasteiger partial charge in [-0.2, -0.15) is 4.98 Å². The average Bonchev–Trinajstić information content (AvgIpc) is 3.90. The van der Waals surface area contributed by atoms with Crippen LogP contribution in [-0.2, 0) is 0 Å². The minimum atomic E-state index is 0.573. The Kier molecular flexibility index (Phi) is 5.90. The Bertz CT molecular complexity index is 3460. The minimum Gasteiger partial charge on any atom is -0.437 e. The number of aromatic nitrogens is 3. The predicted molar refractivity (Wildman–Crippen MR) is 222 cm³/mol. The van der Waals surface area contributed by atoms with Crippen LogP contribution in [0.3, 0.4) is 0 Å². The van der Waals surface area contributed by atoms with Crippen molar-refractivity contribution in [1.82, 2.24) is 14.5 Å². The summed E-state index contributed by atoms with van der Waals surface area (Å²) in [5.41, 5.74) is 7.80. The van der Waals surface area contributed by atoms with Crippen molar-refractivity contribution in [2.24, 2.45) is 0 Å². The van der Waals surface area contributed by atoms with E-state index < -0.39 is 0 Å². The molecule has 5 heteroatoms. The molecule has 8 aromatic carbocycles. The van der Waals surface area contributed by atoms with E-state index >= 15 is 0 Å². The second-order valence-corrected chi connectivity index (χ2v) is 14.8. The first-order valence-corrected chi connectivity index (χ1v) is 18.6. The third kappa shape index (κ3) is 4.11. The summed E-state index contributed by atoms with van der Waals surface area (Å²) < 4.78 is 11.4. The van der Waals surface area contributed by atoms with Crippen LogP contribution >= 0.6 is 11.3 Å². The molecule has 0 unspecified atom stereocenters. The highest BCUT2D eigenvalue weighted by Crippen LogP contribution is 2.48. The monoisotopic (exact) mass is 693 g/mol. The van der Waals surface area contributed by atoms with Crippen LogP contribution in [-0.4, -0.2) is 14.5 Å². The fourth-order valence-corrected chi connectivity index (χ4v) is 9.73. The fraction of sp³-hybridized carbons (Fsp3) is 0. The van der Waals surface area contributed by atoms with E-state index in [9.17, 15) is 0 Å². The second-order valence-electron chi connectivity index (χ2n) is 13.7. The van der Waals surface area contributed by atoms with E-state index in [-0.39, 0.29) is 0 Å². The number of thiophene rings is 1. The minimum absolute atomic E-state index is 0.573. The van der Waals surface area contributed by atoms with Gasteiger partial charge < -0.3 is 4.42 Å². The van der Waals surface area contributed by atoms with Crippen molar-refractivity contribution in [1.29, 1.82) is 0 Å². The Morgan fingerprint density at radius 3 is 1.98 bits per heavy atom.